The zero-order chi connectivity index (χ0) is 27.6. The molecule has 39 heavy (non-hydrogen) atoms. The van der Waals surface area contributed by atoms with Crippen molar-refractivity contribution in [3.8, 4) is 0 Å². The number of fused-ring (bicyclic) bond motifs is 1. The molecule has 4 aliphatic rings. The summed E-state index contributed by atoms with van der Waals surface area (Å²) in [6.07, 6.45) is 2.29. The van der Waals surface area contributed by atoms with Gasteiger partial charge in [0.2, 0.25) is 17.7 Å². The molecule has 4 fully saturated rings. The molecule has 0 radical (unpaired) electrons. The van der Waals surface area contributed by atoms with E-state index < -0.39 is 28.7 Å². The quantitative estimate of drug-likeness (QED) is 0.375. The number of nitrogens with zero attached hydrogens (tertiary/aromatic N) is 2. The fourth-order valence-corrected chi connectivity index (χ4v) is 9.23. The summed E-state index contributed by atoms with van der Waals surface area (Å²) < 4.78 is 4.77. The van der Waals surface area contributed by atoms with Crippen LogP contribution in [0.5, 0.6) is 0 Å². The van der Waals surface area contributed by atoms with Crippen molar-refractivity contribution < 1.29 is 24.2 Å². The minimum absolute atomic E-state index is 0.0108. The zero-order valence-electron chi connectivity index (χ0n) is 23.0. The number of thioether (sulfide) groups is 1. The van der Waals surface area contributed by atoms with Crippen LogP contribution in [0.1, 0.15) is 38.7 Å². The Morgan fingerprint density at radius 2 is 1.92 bits per heavy atom. The highest BCUT2D eigenvalue weighted by atomic mass is 32.2. The van der Waals surface area contributed by atoms with E-state index in [1.807, 2.05) is 44.2 Å². The van der Waals surface area contributed by atoms with Crippen LogP contribution in [-0.2, 0) is 25.7 Å². The minimum Gasteiger partial charge on any atom is -0.394 e. The summed E-state index contributed by atoms with van der Waals surface area (Å²) in [7, 11) is 0. The number of benzene rings is 1. The van der Waals surface area contributed by atoms with E-state index in [-0.39, 0.29) is 35.5 Å². The summed E-state index contributed by atoms with van der Waals surface area (Å²) in [5.74, 6) is -1.47. The Labute approximate surface area is 235 Å². The molecule has 4 aliphatic heterocycles. The van der Waals surface area contributed by atoms with Gasteiger partial charge in [0.25, 0.3) is 0 Å². The third-order valence-corrected chi connectivity index (χ3v) is 11.2. The SMILES string of the molecule is CC[C@H](C)[C@H](CO)N1C(=O)[C@@H]2[C@@H](C(=O)NCc3ccccc3)[C@H]3CCC2(S3)C1C(=O)NCCN1CCOCC1. The Balaban J connectivity index is 1.38. The molecule has 4 saturated heterocycles. The van der Waals surface area contributed by atoms with Gasteiger partial charge in [-0.15, -0.1) is 11.8 Å². The molecule has 5 rings (SSSR count). The van der Waals surface area contributed by atoms with Crippen LogP contribution in [0.15, 0.2) is 30.3 Å². The van der Waals surface area contributed by atoms with E-state index in [4.69, 9.17) is 4.74 Å². The van der Waals surface area contributed by atoms with Gasteiger partial charge in [-0.05, 0) is 24.3 Å². The lowest BCUT2D eigenvalue weighted by molar-refractivity contribution is -0.144. The van der Waals surface area contributed by atoms with E-state index in [9.17, 15) is 19.5 Å². The van der Waals surface area contributed by atoms with Crippen LogP contribution in [-0.4, -0.2) is 101 Å². The van der Waals surface area contributed by atoms with Crippen LogP contribution in [0.3, 0.4) is 0 Å². The van der Waals surface area contributed by atoms with E-state index in [0.29, 0.717) is 26.3 Å². The summed E-state index contributed by atoms with van der Waals surface area (Å²) in [4.78, 5) is 45.7. The van der Waals surface area contributed by atoms with E-state index >= 15 is 0 Å². The van der Waals surface area contributed by atoms with Gasteiger partial charge in [-0.25, -0.2) is 0 Å². The predicted molar refractivity (Wildman–Crippen MR) is 150 cm³/mol. The van der Waals surface area contributed by atoms with Gasteiger partial charge in [0, 0.05) is 38.0 Å². The largest absolute Gasteiger partial charge is 0.394 e. The second-order valence-corrected chi connectivity index (χ2v) is 13.0. The van der Waals surface area contributed by atoms with Gasteiger partial charge in [0.1, 0.15) is 6.04 Å². The van der Waals surface area contributed by atoms with Gasteiger partial charge in [-0.1, -0.05) is 50.6 Å². The van der Waals surface area contributed by atoms with Crippen molar-refractivity contribution >= 4 is 29.5 Å². The molecule has 1 aromatic rings. The number of amides is 3. The monoisotopic (exact) mass is 558 g/mol. The predicted octanol–water partition coefficient (Wildman–Crippen LogP) is 1.25. The van der Waals surface area contributed by atoms with Crippen LogP contribution >= 0.6 is 11.8 Å². The Bertz CT molecular complexity index is 1040. The molecular formula is C29H42N4O5S. The number of carbonyl (C=O) groups is 3. The molecule has 9 nitrogen and oxygen atoms in total. The van der Waals surface area contributed by atoms with Gasteiger partial charge < -0.3 is 25.4 Å². The molecule has 10 heteroatoms. The van der Waals surface area contributed by atoms with Gasteiger partial charge in [0.05, 0.1) is 42.4 Å². The molecule has 0 aromatic heterocycles. The third-order valence-electron chi connectivity index (χ3n) is 9.27. The molecule has 0 aliphatic carbocycles. The Morgan fingerprint density at radius 3 is 2.62 bits per heavy atom. The van der Waals surface area contributed by atoms with Crippen LogP contribution in [0, 0.1) is 17.8 Å². The topological polar surface area (TPSA) is 111 Å². The molecule has 4 heterocycles. The van der Waals surface area contributed by atoms with Crippen molar-refractivity contribution in [3.63, 3.8) is 0 Å². The van der Waals surface area contributed by atoms with E-state index in [1.54, 1.807) is 16.7 Å². The highest BCUT2D eigenvalue weighted by Gasteiger charge is 2.74. The molecule has 2 unspecified atom stereocenters. The number of aliphatic hydroxyl groups excluding tert-OH is 1. The van der Waals surface area contributed by atoms with Gasteiger partial charge in [-0.2, -0.15) is 0 Å². The molecule has 3 N–H and O–H groups in total. The third kappa shape index (κ3) is 5.33. The molecule has 0 saturated carbocycles. The van der Waals surface area contributed by atoms with E-state index in [2.05, 4.69) is 15.5 Å². The zero-order valence-corrected chi connectivity index (χ0v) is 23.8. The number of nitrogens with one attached hydrogen (secondary N) is 2. The number of ether oxygens (including phenoxy) is 1. The minimum atomic E-state index is -0.701. The summed E-state index contributed by atoms with van der Waals surface area (Å²) in [5.41, 5.74) is 1.00. The van der Waals surface area contributed by atoms with Crippen molar-refractivity contribution in [2.45, 2.75) is 61.7 Å². The van der Waals surface area contributed by atoms with E-state index in [1.165, 1.54) is 0 Å². The van der Waals surface area contributed by atoms with Crippen LogP contribution < -0.4 is 10.6 Å². The molecule has 7 atom stereocenters. The van der Waals surface area contributed by atoms with Crippen LogP contribution in [0.25, 0.3) is 0 Å². The van der Waals surface area contributed by atoms with Gasteiger partial charge in [0.15, 0.2) is 0 Å². The standard InChI is InChI=1S/C29H42N4O5S/c1-3-19(2)21(18-34)33-25(27(36)30-11-12-32-13-15-38-16-14-32)29-10-9-22(39-29)23(24(29)28(33)37)26(35)31-17-20-7-5-4-6-8-20/h4-8,19,21-25,34H,3,9-18H2,1-2H3,(H,30,36)(H,31,35)/t19-,21-,22+,23-,24-,25?,29?/m0/s1. The second kappa shape index (κ2) is 12.2. The lowest BCUT2D eigenvalue weighted by atomic mass is 9.70. The lowest BCUT2D eigenvalue weighted by Gasteiger charge is -2.39. The number of likely N-dealkylation sites (tertiary alicyclic amines) is 1. The first-order chi connectivity index (χ1) is 18.9. The average Bonchev–Trinajstić information content (AvgIpc) is 3.61. The smallest absolute Gasteiger partial charge is 0.244 e. The molecule has 2 bridgehead atoms. The normalized spacial score (nSPS) is 31.7. The number of morpholine rings is 1. The molecular weight excluding hydrogens is 516 g/mol. The van der Waals surface area contributed by atoms with Crippen molar-refractivity contribution in [2.24, 2.45) is 17.8 Å². The highest BCUT2D eigenvalue weighted by Crippen LogP contribution is 2.66. The van der Waals surface area contributed by atoms with Crippen LogP contribution in [0.2, 0.25) is 0 Å². The van der Waals surface area contributed by atoms with Gasteiger partial charge >= 0.3 is 0 Å². The fourth-order valence-electron chi connectivity index (χ4n) is 7.02. The maximum Gasteiger partial charge on any atom is 0.244 e. The summed E-state index contributed by atoms with van der Waals surface area (Å²) in [6.45, 7) is 8.53. The number of hydrogen-bond acceptors (Lipinski definition) is 7. The first-order valence-corrected chi connectivity index (χ1v) is 15.3. The maximum atomic E-state index is 14.2. The summed E-state index contributed by atoms with van der Waals surface area (Å²) in [5, 5.41) is 16.6. The highest BCUT2D eigenvalue weighted by molar-refractivity contribution is 8.02. The van der Waals surface area contributed by atoms with Crippen molar-refractivity contribution in [1.82, 2.24) is 20.4 Å². The number of carbonyl (C=O) groups excluding carboxylic acids is 3. The Hall–Kier alpha value is -2.14. The van der Waals surface area contributed by atoms with Crippen molar-refractivity contribution in [1.29, 1.82) is 0 Å². The summed E-state index contributed by atoms with van der Waals surface area (Å²) in [6, 6.07) is 8.58. The number of hydrogen-bond donors (Lipinski definition) is 3. The second-order valence-electron chi connectivity index (χ2n) is 11.4. The van der Waals surface area contributed by atoms with E-state index in [0.717, 1.165) is 44.5 Å². The Kier molecular flexibility index (Phi) is 8.85. The van der Waals surface area contributed by atoms with Crippen LogP contribution in [0.4, 0.5) is 0 Å². The molecule has 1 aromatic carbocycles. The van der Waals surface area contributed by atoms with Gasteiger partial charge in [-0.3, -0.25) is 19.3 Å². The molecule has 3 amide bonds. The first kappa shape index (κ1) is 28.4. The number of aliphatic hydroxyl groups is 1. The number of rotatable bonds is 11. The molecule has 214 valence electrons. The maximum absolute atomic E-state index is 14.2. The van der Waals surface area contributed by atoms with Crippen molar-refractivity contribution in [3.05, 3.63) is 35.9 Å². The average molecular weight is 559 g/mol. The molecule has 1 spiro atoms. The lowest BCUT2D eigenvalue weighted by Crippen LogP contribution is -2.58. The Morgan fingerprint density at radius 1 is 1.18 bits per heavy atom. The fraction of sp³-hybridized carbons (Fsp3) is 0.690. The van der Waals surface area contributed by atoms with Crippen molar-refractivity contribution in [2.75, 3.05) is 46.0 Å². The summed E-state index contributed by atoms with van der Waals surface area (Å²) >= 11 is 1.67. The first-order valence-electron chi connectivity index (χ1n) is 14.4.